The molecule has 2 heterocycles. The zero-order chi connectivity index (χ0) is 35.1. The van der Waals surface area contributed by atoms with Crippen molar-refractivity contribution >= 4 is 32.7 Å². The summed E-state index contributed by atoms with van der Waals surface area (Å²) in [4.78, 5) is 10.6. The van der Waals surface area contributed by atoms with Gasteiger partial charge in [0.2, 0.25) is 0 Å². The van der Waals surface area contributed by atoms with Crippen molar-refractivity contribution < 1.29 is 4.42 Å². The Morgan fingerprint density at radius 2 is 0.868 bits per heavy atom. The molecule has 248 valence electrons. The smallest absolute Gasteiger partial charge is 0.161 e. The van der Waals surface area contributed by atoms with E-state index in [4.69, 9.17) is 14.4 Å². The lowest BCUT2D eigenvalue weighted by Gasteiger charge is -2.15. The summed E-state index contributed by atoms with van der Waals surface area (Å²) in [6, 6.07) is 68.1. The van der Waals surface area contributed by atoms with Crippen LogP contribution >= 0.6 is 0 Å². The molecule has 0 bridgehead atoms. The van der Waals surface area contributed by atoms with E-state index in [1.165, 1.54) is 10.8 Å². The van der Waals surface area contributed by atoms with Gasteiger partial charge in [0.15, 0.2) is 5.82 Å². The van der Waals surface area contributed by atoms with Crippen LogP contribution in [0.4, 0.5) is 0 Å². The average molecular weight is 677 g/mol. The number of benzene rings is 8. The molecular formula is C50H32N2O. The van der Waals surface area contributed by atoms with Gasteiger partial charge in [-0.1, -0.05) is 146 Å². The number of hydrogen-bond acceptors (Lipinski definition) is 3. The maximum absolute atomic E-state index is 6.35. The molecule has 53 heavy (non-hydrogen) atoms. The van der Waals surface area contributed by atoms with Crippen LogP contribution in [-0.4, -0.2) is 9.97 Å². The molecular weight excluding hydrogens is 645 g/mol. The lowest BCUT2D eigenvalue weighted by molar-refractivity contribution is 0.669. The van der Waals surface area contributed by atoms with E-state index in [-0.39, 0.29) is 0 Å². The first kappa shape index (κ1) is 30.7. The Balaban J connectivity index is 1.20. The average Bonchev–Trinajstić information content (AvgIpc) is 3.62. The van der Waals surface area contributed by atoms with Crippen LogP contribution in [-0.2, 0) is 0 Å². The molecule has 0 fully saturated rings. The standard InChI is InChI=1S/C50H32N2O/c1-3-14-34(15-4-1)42-19-9-10-21-45(42)50-51-46(35-16-5-2-6-17-35)32-47(52-50)41-29-39(37-24-23-33-13-7-8-18-36(33)27-37)28-40(30-41)38-25-26-44-43-20-11-12-22-48(43)53-49(44)31-38/h1-32H. The second-order valence-corrected chi connectivity index (χ2v) is 13.4. The van der Waals surface area contributed by atoms with Crippen LogP contribution in [0.2, 0.25) is 0 Å². The molecule has 0 aliphatic carbocycles. The van der Waals surface area contributed by atoms with Crippen molar-refractivity contribution in [3.05, 3.63) is 194 Å². The van der Waals surface area contributed by atoms with E-state index in [0.717, 1.165) is 83.4 Å². The molecule has 0 aliphatic rings. The van der Waals surface area contributed by atoms with Gasteiger partial charge in [0.25, 0.3) is 0 Å². The van der Waals surface area contributed by atoms with Gasteiger partial charge in [0.1, 0.15) is 11.2 Å². The number of furan rings is 1. The molecule has 0 unspecified atom stereocenters. The molecule has 3 nitrogen and oxygen atoms in total. The van der Waals surface area contributed by atoms with Crippen LogP contribution in [0.1, 0.15) is 0 Å². The van der Waals surface area contributed by atoms with Gasteiger partial charge in [0, 0.05) is 27.5 Å². The van der Waals surface area contributed by atoms with Gasteiger partial charge < -0.3 is 4.42 Å². The van der Waals surface area contributed by atoms with Crippen molar-refractivity contribution in [3.63, 3.8) is 0 Å². The highest BCUT2D eigenvalue weighted by Crippen LogP contribution is 2.39. The van der Waals surface area contributed by atoms with Crippen LogP contribution in [0.5, 0.6) is 0 Å². The quantitative estimate of drug-likeness (QED) is 0.176. The highest BCUT2D eigenvalue weighted by Gasteiger charge is 2.17. The molecule has 0 amide bonds. The van der Waals surface area contributed by atoms with Crippen LogP contribution in [0.3, 0.4) is 0 Å². The third kappa shape index (κ3) is 5.75. The molecule has 8 aromatic carbocycles. The molecule has 0 N–H and O–H groups in total. The molecule has 3 heteroatoms. The maximum Gasteiger partial charge on any atom is 0.161 e. The summed E-state index contributed by atoms with van der Waals surface area (Å²) >= 11 is 0. The van der Waals surface area contributed by atoms with Crippen molar-refractivity contribution in [1.82, 2.24) is 9.97 Å². The Bertz CT molecular complexity index is 2950. The van der Waals surface area contributed by atoms with Crippen molar-refractivity contribution in [2.24, 2.45) is 0 Å². The fourth-order valence-electron chi connectivity index (χ4n) is 7.40. The normalized spacial score (nSPS) is 11.4. The summed E-state index contributed by atoms with van der Waals surface area (Å²) in [5.74, 6) is 0.683. The number of fused-ring (bicyclic) bond motifs is 4. The summed E-state index contributed by atoms with van der Waals surface area (Å²) in [5.41, 5.74) is 13.1. The summed E-state index contributed by atoms with van der Waals surface area (Å²) in [5, 5.41) is 4.65. The third-order valence-electron chi connectivity index (χ3n) is 10.1. The molecule has 0 atom stereocenters. The first-order valence-electron chi connectivity index (χ1n) is 17.9. The minimum absolute atomic E-state index is 0.683. The van der Waals surface area contributed by atoms with Crippen LogP contribution in [0.25, 0.3) is 100.0 Å². The highest BCUT2D eigenvalue weighted by molar-refractivity contribution is 6.06. The number of rotatable bonds is 6. The first-order valence-corrected chi connectivity index (χ1v) is 17.9. The van der Waals surface area contributed by atoms with E-state index in [1.54, 1.807) is 0 Å². The molecule has 10 rings (SSSR count). The molecule has 0 radical (unpaired) electrons. The first-order chi connectivity index (χ1) is 26.2. The second kappa shape index (κ2) is 12.9. The van der Waals surface area contributed by atoms with Crippen LogP contribution in [0.15, 0.2) is 199 Å². The van der Waals surface area contributed by atoms with E-state index >= 15 is 0 Å². The fraction of sp³-hybridized carbons (Fsp3) is 0. The van der Waals surface area contributed by atoms with Crippen molar-refractivity contribution in [2.45, 2.75) is 0 Å². The van der Waals surface area contributed by atoms with Crippen molar-refractivity contribution in [2.75, 3.05) is 0 Å². The van der Waals surface area contributed by atoms with Crippen molar-refractivity contribution in [3.8, 4) is 67.3 Å². The zero-order valence-corrected chi connectivity index (χ0v) is 28.8. The molecule has 10 aromatic rings. The number of hydrogen-bond donors (Lipinski definition) is 0. The highest BCUT2D eigenvalue weighted by atomic mass is 16.3. The number of nitrogens with zero attached hydrogens (tertiary/aromatic N) is 2. The van der Waals surface area contributed by atoms with Gasteiger partial charge in [-0.3, -0.25) is 0 Å². The summed E-state index contributed by atoms with van der Waals surface area (Å²) < 4.78 is 6.35. The zero-order valence-electron chi connectivity index (χ0n) is 28.8. The van der Waals surface area contributed by atoms with Crippen LogP contribution < -0.4 is 0 Å². The lowest BCUT2D eigenvalue weighted by Crippen LogP contribution is -1.98. The van der Waals surface area contributed by atoms with Gasteiger partial charge in [0.05, 0.1) is 11.4 Å². The molecule has 0 aliphatic heterocycles. The Morgan fingerprint density at radius 1 is 0.302 bits per heavy atom. The van der Waals surface area contributed by atoms with Gasteiger partial charge >= 0.3 is 0 Å². The van der Waals surface area contributed by atoms with Crippen molar-refractivity contribution in [1.29, 1.82) is 0 Å². The topological polar surface area (TPSA) is 38.9 Å². The van der Waals surface area contributed by atoms with Gasteiger partial charge in [-0.25, -0.2) is 9.97 Å². The lowest BCUT2D eigenvalue weighted by atomic mass is 9.93. The monoisotopic (exact) mass is 676 g/mol. The Morgan fingerprint density at radius 3 is 1.66 bits per heavy atom. The Kier molecular flexibility index (Phi) is 7.47. The van der Waals surface area contributed by atoms with E-state index in [1.807, 2.05) is 24.3 Å². The molecule has 2 aromatic heterocycles. The van der Waals surface area contributed by atoms with Gasteiger partial charge in [-0.2, -0.15) is 0 Å². The fourth-order valence-corrected chi connectivity index (χ4v) is 7.40. The third-order valence-corrected chi connectivity index (χ3v) is 10.1. The molecule has 0 spiro atoms. The Hall–Kier alpha value is -7.10. The summed E-state index contributed by atoms with van der Waals surface area (Å²) in [6.45, 7) is 0. The molecule has 0 saturated heterocycles. The largest absolute Gasteiger partial charge is 0.456 e. The van der Waals surface area contributed by atoms with E-state index in [9.17, 15) is 0 Å². The summed E-state index contributed by atoms with van der Waals surface area (Å²) in [7, 11) is 0. The van der Waals surface area contributed by atoms with Crippen LogP contribution in [0, 0.1) is 0 Å². The minimum Gasteiger partial charge on any atom is -0.456 e. The maximum atomic E-state index is 6.35. The van der Waals surface area contributed by atoms with E-state index < -0.39 is 0 Å². The summed E-state index contributed by atoms with van der Waals surface area (Å²) in [6.07, 6.45) is 0. The second-order valence-electron chi connectivity index (χ2n) is 13.4. The predicted molar refractivity (Wildman–Crippen MR) is 219 cm³/mol. The number of para-hydroxylation sites is 1. The number of aromatic nitrogens is 2. The van der Waals surface area contributed by atoms with E-state index in [2.05, 4.69) is 170 Å². The Labute approximate surface area is 307 Å². The SMILES string of the molecule is c1ccc(-c2cc(-c3cc(-c4ccc5ccccc5c4)cc(-c4ccc5c(c4)oc4ccccc45)c3)nc(-c3ccccc3-c3ccccc3)n2)cc1. The van der Waals surface area contributed by atoms with Gasteiger partial charge in [-0.05, 0) is 92.7 Å². The van der Waals surface area contributed by atoms with E-state index in [0.29, 0.717) is 5.82 Å². The predicted octanol–water partition coefficient (Wildman–Crippen LogP) is 13.5. The molecule has 0 saturated carbocycles. The minimum atomic E-state index is 0.683. The van der Waals surface area contributed by atoms with Gasteiger partial charge in [-0.15, -0.1) is 0 Å².